The second kappa shape index (κ2) is 12.8. The molecule has 2 aromatic heterocycles. The zero-order chi connectivity index (χ0) is 28.8. The van der Waals surface area contributed by atoms with Gasteiger partial charge in [0, 0.05) is 5.56 Å². The van der Waals surface area contributed by atoms with E-state index < -0.39 is 17.2 Å². The van der Waals surface area contributed by atoms with Crippen LogP contribution >= 0.6 is 0 Å². The first-order valence-electron chi connectivity index (χ1n) is 14.2. The highest BCUT2D eigenvalue weighted by molar-refractivity contribution is 5.87. The molecule has 212 valence electrons. The van der Waals surface area contributed by atoms with Gasteiger partial charge >= 0.3 is 11.3 Å². The third kappa shape index (κ3) is 5.85. The van der Waals surface area contributed by atoms with Crippen LogP contribution in [0.15, 0.2) is 91.2 Å². The van der Waals surface area contributed by atoms with Gasteiger partial charge in [-0.25, -0.2) is 9.59 Å². The van der Waals surface area contributed by atoms with Crippen molar-refractivity contribution in [3.05, 3.63) is 110 Å². The van der Waals surface area contributed by atoms with Crippen molar-refractivity contribution < 1.29 is 23.8 Å². The molecule has 2 N–H and O–H groups in total. The highest BCUT2D eigenvalue weighted by Crippen LogP contribution is 2.44. The first-order valence-corrected chi connectivity index (χ1v) is 14.2. The van der Waals surface area contributed by atoms with Gasteiger partial charge in [-0.2, -0.15) is 0 Å². The van der Waals surface area contributed by atoms with Crippen LogP contribution in [0.1, 0.15) is 74.5 Å². The summed E-state index contributed by atoms with van der Waals surface area (Å²) in [5.41, 5.74) is -1.21. The van der Waals surface area contributed by atoms with Crippen LogP contribution in [0.3, 0.4) is 0 Å². The quantitative estimate of drug-likeness (QED) is 0.121. The Morgan fingerprint density at radius 2 is 1.15 bits per heavy atom. The van der Waals surface area contributed by atoms with E-state index in [1.165, 1.54) is 25.7 Å². The number of benzene rings is 3. The summed E-state index contributed by atoms with van der Waals surface area (Å²) in [6.07, 6.45) is 7.88. The highest BCUT2D eigenvalue weighted by atomic mass is 16.5. The molecule has 0 radical (unpaired) electrons. The predicted molar refractivity (Wildman–Crippen MR) is 159 cm³/mol. The molecule has 0 atom stereocenters. The summed E-state index contributed by atoms with van der Waals surface area (Å²) in [7, 11) is 0. The molecule has 0 saturated heterocycles. The Balaban J connectivity index is 1.62. The van der Waals surface area contributed by atoms with Gasteiger partial charge in [0.05, 0.1) is 34.4 Å². The molecule has 7 heteroatoms. The van der Waals surface area contributed by atoms with Crippen LogP contribution in [0.2, 0.25) is 0 Å². The van der Waals surface area contributed by atoms with Crippen molar-refractivity contribution in [3.63, 3.8) is 0 Å². The SMILES string of the molecule is CCCCCCCCCOc1ccccc1C(c1c(O)c2ccccc2oc1=O)c1c(O)c2ccccc2oc1=O. The molecule has 0 saturated carbocycles. The molecule has 0 aliphatic heterocycles. The number of unbranched alkanes of at least 4 members (excludes halogenated alkanes) is 6. The Kier molecular flexibility index (Phi) is 8.73. The minimum Gasteiger partial charge on any atom is -0.507 e. The molecule has 7 nitrogen and oxygen atoms in total. The first-order chi connectivity index (χ1) is 20.0. The zero-order valence-corrected chi connectivity index (χ0v) is 23.1. The third-order valence-corrected chi connectivity index (χ3v) is 7.45. The summed E-state index contributed by atoms with van der Waals surface area (Å²) in [5, 5.41) is 23.5. The topological polar surface area (TPSA) is 110 Å². The van der Waals surface area contributed by atoms with Gasteiger partial charge in [-0.05, 0) is 36.8 Å². The van der Waals surface area contributed by atoms with Crippen LogP contribution in [-0.4, -0.2) is 16.8 Å². The second-order valence-corrected chi connectivity index (χ2v) is 10.2. The van der Waals surface area contributed by atoms with Crippen molar-refractivity contribution in [3.8, 4) is 17.2 Å². The predicted octanol–water partition coefficient (Wildman–Crippen LogP) is 7.62. The molecule has 3 aromatic carbocycles. The Hall–Kier alpha value is -4.52. The summed E-state index contributed by atoms with van der Waals surface area (Å²) >= 11 is 0. The van der Waals surface area contributed by atoms with E-state index in [9.17, 15) is 19.8 Å². The van der Waals surface area contributed by atoms with Gasteiger partial charge in [-0.15, -0.1) is 0 Å². The molecule has 41 heavy (non-hydrogen) atoms. The summed E-state index contributed by atoms with van der Waals surface area (Å²) in [5.74, 6) is -1.48. The van der Waals surface area contributed by atoms with E-state index in [0.717, 1.165) is 19.3 Å². The summed E-state index contributed by atoms with van der Waals surface area (Å²) in [6.45, 7) is 2.63. The van der Waals surface area contributed by atoms with E-state index in [2.05, 4.69) is 6.92 Å². The van der Waals surface area contributed by atoms with Gasteiger partial charge < -0.3 is 23.8 Å². The lowest BCUT2D eigenvalue weighted by atomic mass is 9.84. The molecule has 0 spiro atoms. The van der Waals surface area contributed by atoms with Gasteiger partial charge in [-0.3, -0.25) is 0 Å². The lowest BCUT2D eigenvalue weighted by molar-refractivity contribution is 0.300. The van der Waals surface area contributed by atoms with E-state index in [1.807, 2.05) is 0 Å². The number of para-hydroxylation sites is 3. The zero-order valence-electron chi connectivity index (χ0n) is 23.1. The Morgan fingerprint density at radius 3 is 1.73 bits per heavy atom. The van der Waals surface area contributed by atoms with Crippen LogP contribution in [0, 0.1) is 0 Å². The molecule has 0 amide bonds. The highest BCUT2D eigenvalue weighted by Gasteiger charge is 2.34. The van der Waals surface area contributed by atoms with Crippen LogP contribution < -0.4 is 16.0 Å². The number of ether oxygens (including phenoxy) is 1. The Morgan fingerprint density at radius 1 is 0.659 bits per heavy atom. The Bertz CT molecular complexity index is 1670. The Labute approximate surface area is 237 Å². The number of aromatic hydroxyl groups is 2. The van der Waals surface area contributed by atoms with E-state index in [4.69, 9.17) is 13.6 Å². The van der Waals surface area contributed by atoms with Crippen molar-refractivity contribution in [1.82, 2.24) is 0 Å². The normalized spacial score (nSPS) is 11.5. The van der Waals surface area contributed by atoms with E-state index in [1.54, 1.807) is 72.8 Å². The van der Waals surface area contributed by atoms with Crippen molar-refractivity contribution >= 4 is 21.9 Å². The van der Waals surface area contributed by atoms with Gasteiger partial charge in [0.15, 0.2) is 0 Å². The van der Waals surface area contributed by atoms with Crippen LogP contribution in [0.5, 0.6) is 17.2 Å². The van der Waals surface area contributed by atoms with Crippen LogP contribution in [0.25, 0.3) is 21.9 Å². The smallest absolute Gasteiger partial charge is 0.344 e. The maximum atomic E-state index is 13.5. The van der Waals surface area contributed by atoms with Crippen LogP contribution in [-0.2, 0) is 0 Å². The van der Waals surface area contributed by atoms with Gasteiger partial charge in [0.25, 0.3) is 0 Å². The maximum absolute atomic E-state index is 13.5. The molecule has 0 unspecified atom stereocenters. The minimum atomic E-state index is -1.23. The average Bonchev–Trinajstić information content (AvgIpc) is 2.98. The number of hydrogen-bond acceptors (Lipinski definition) is 7. The molecule has 0 aliphatic carbocycles. The van der Waals surface area contributed by atoms with E-state index >= 15 is 0 Å². The monoisotopic (exact) mass is 554 g/mol. The van der Waals surface area contributed by atoms with Gasteiger partial charge in [0.1, 0.15) is 28.4 Å². The van der Waals surface area contributed by atoms with Crippen molar-refractivity contribution in [1.29, 1.82) is 0 Å². The van der Waals surface area contributed by atoms with E-state index in [-0.39, 0.29) is 33.8 Å². The molecule has 0 bridgehead atoms. The molecule has 0 fully saturated rings. The fourth-order valence-electron chi connectivity index (χ4n) is 5.35. The summed E-state index contributed by atoms with van der Waals surface area (Å²) < 4.78 is 17.4. The third-order valence-electron chi connectivity index (χ3n) is 7.45. The molecule has 5 rings (SSSR count). The summed E-state index contributed by atoms with van der Waals surface area (Å²) in [6, 6.07) is 20.2. The van der Waals surface area contributed by atoms with Gasteiger partial charge in [-0.1, -0.05) is 87.9 Å². The average molecular weight is 555 g/mol. The van der Waals surface area contributed by atoms with Crippen LogP contribution in [0.4, 0.5) is 0 Å². The van der Waals surface area contributed by atoms with Gasteiger partial charge in [0.2, 0.25) is 0 Å². The fourth-order valence-corrected chi connectivity index (χ4v) is 5.35. The first kappa shape index (κ1) is 28.0. The second-order valence-electron chi connectivity index (χ2n) is 10.2. The lowest BCUT2D eigenvalue weighted by Gasteiger charge is -2.22. The van der Waals surface area contributed by atoms with Crippen molar-refractivity contribution in [2.24, 2.45) is 0 Å². The molecule has 0 aliphatic rings. The molecular formula is C34H34O7. The largest absolute Gasteiger partial charge is 0.507 e. The lowest BCUT2D eigenvalue weighted by Crippen LogP contribution is -2.22. The number of rotatable bonds is 12. The minimum absolute atomic E-state index is 0.187. The molecular weight excluding hydrogens is 520 g/mol. The fraction of sp³-hybridized carbons (Fsp3) is 0.294. The van der Waals surface area contributed by atoms with E-state index in [0.29, 0.717) is 28.7 Å². The number of fused-ring (bicyclic) bond motifs is 2. The summed E-state index contributed by atoms with van der Waals surface area (Å²) in [4.78, 5) is 26.9. The molecule has 2 heterocycles. The number of hydrogen-bond donors (Lipinski definition) is 2. The standard InChI is InChI=1S/C34H34O7/c1-2-3-4-5-6-7-14-21-39-25-18-11-8-15-22(25)28(29-31(35)23-16-9-12-19-26(23)40-33(29)37)30-32(36)24-17-10-13-20-27(24)41-34(30)38/h8-13,15-20,28,35-36H,2-7,14,21H2,1H3. The van der Waals surface area contributed by atoms with Crippen molar-refractivity contribution in [2.45, 2.75) is 57.8 Å². The maximum Gasteiger partial charge on any atom is 0.344 e. The van der Waals surface area contributed by atoms with Crippen molar-refractivity contribution in [2.75, 3.05) is 6.61 Å². The molecule has 5 aromatic rings.